The van der Waals surface area contributed by atoms with Gasteiger partial charge in [0, 0.05) is 37.6 Å². The molecule has 3 rings (SSSR count). The molecule has 2 aromatic rings. The average Bonchev–Trinajstić information content (AvgIpc) is 3.36. The molecule has 0 spiro atoms. The van der Waals surface area contributed by atoms with Gasteiger partial charge >= 0.3 is 0 Å². The van der Waals surface area contributed by atoms with Gasteiger partial charge in [-0.15, -0.1) is 0 Å². The van der Waals surface area contributed by atoms with Gasteiger partial charge in [-0.3, -0.25) is 0 Å². The van der Waals surface area contributed by atoms with Crippen LogP contribution in [-0.4, -0.2) is 30.8 Å². The molecular weight excluding hydrogens is 352 g/mol. The molecule has 0 amide bonds. The topological polar surface area (TPSA) is 71.7 Å². The summed E-state index contributed by atoms with van der Waals surface area (Å²) in [6.07, 6.45) is 2.89. The summed E-state index contributed by atoms with van der Waals surface area (Å²) in [5, 5.41) is 11.0. The van der Waals surface area contributed by atoms with Gasteiger partial charge in [0.05, 0.1) is 18.3 Å². The molecule has 0 aliphatic carbocycles. The monoisotopic (exact) mass is 384 g/mol. The van der Waals surface area contributed by atoms with E-state index >= 15 is 0 Å². The van der Waals surface area contributed by atoms with E-state index in [-0.39, 0.29) is 6.10 Å². The van der Waals surface area contributed by atoms with Crippen LogP contribution in [0.4, 0.5) is 0 Å². The second-order valence-corrected chi connectivity index (χ2v) is 7.06. The van der Waals surface area contributed by atoms with Crippen LogP contribution in [-0.2, 0) is 24.1 Å². The Morgan fingerprint density at radius 2 is 1.96 bits per heavy atom. The fourth-order valence-electron chi connectivity index (χ4n) is 3.70. The Bertz CT molecular complexity index is 736. The van der Waals surface area contributed by atoms with Crippen LogP contribution in [0.3, 0.4) is 0 Å². The lowest BCUT2D eigenvalue weighted by Crippen LogP contribution is -2.40. The Balaban J connectivity index is 1.64. The number of nitrogens with zero attached hydrogens (tertiary/aromatic N) is 2. The first-order valence-corrected chi connectivity index (χ1v) is 10.4. The first-order chi connectivity index (χ1) is 13.8. The van der Waals surface area contributed by atoms with E-state index in [4.69, 9.17) is 14.3 Å². The number of aromatic nitrogens is 1. The van der Waals surface area contributed by atoms with Crippen molar-refractivity contribution in [1.82, 2.24) is 15.8 Å². The van der Waals surface area contributed by atoms with Crippen LogP contribution in [0.2, 0.25) is 0 Å². The molecule has 0 saturated carbocycles. The lowest BCUT2D eigenvalue weighted by atomic mass is 9.95. The van der Waals surface area contributed by atoms with E-state index in [1.165, 1.54) is 5.56 Å². The van der Waals surface area contributed by atoms with Gasteiger partial charge in [-0.05, 0) is 25.3 Å². The minimum atomic E-state index is 0.146. The Hall–Kier alpha value is -2.34. The number of nitrogens with one attached hydrogen (secondary N) is 2. The Kier molecular flexibility index (Phi) is 7.48. The minimum Gasteiger partial charge on any atom is -0.373 e. The Morgan fingerprint density at radius 3 is 2.68 bits per heavy atom. The van der Waals surface area contributed by atoms with Crippen LogP contribution >= 0.6 is 0 Å². The molecule has 1 saturated heterocycles. The van der Waals surface area contributed by atoms with E-state index < -0.39 is 0 Å². The normalized spacial score (nSPS) is 19.8. The summed E-state index contributed by atoms with van der Waals surface area (Å²) in [5.41, 5.74) is 3.37. The van der Waals surface area contributed by atoms with Crippen molar-refractivity contribution in [3.63, 3.8) is 0 Å². The van der Waals surface area contributed by atoms with E-state index in [0.29, 0.717) is 12.5 Å². The van der Waals surface area contributed by atoms with Gasteiger partial charge in [0.1, 0.15) is 5.76 Å². The predicted octanol–water partition coefficient (Wildman–Crippen LogP) is 3.63. The fourth-order valence-corrected chi connectivity index (χ4v) is 3.70. The van der Waals surface area contributed by atoms with E-state index in [1.54, 1.807) is 0 Å². The van der Waals surface area contributed by atoms with Crippen molar-refractivity contribution in [2.45, 2.75) is 52.7 Å². The number of hydrogen-bond acceptors (Lipinski definition) is 4. The van der Waals surface area contributed by atoms with Gasteiger partial charge in [0.15, 0.2) is 5.96 Å². The third-order valence-corrected chi connectivity index (χ3v) is 5.22. The molecule has 0 bridgehead atoms. The van der Waals surface area contributed by atoms with E-state index in [1.807, 2.05) is 6.07 Å². The highest BCUT2D eigenvalue weighted by molar-refractivity contribution is 5.79. The van der Waals surface area contributed by atoms with Crippen LogP contribution in [0.1, 0.15) is 55.9 Å². The highest BCUT2D eigenvalue weighted by Gasteiger charge is 2.29. The maximum atomic E-state index is 6.00. The molecule has 28 heavy (non-hydrogen) atoms. The number of guanidine groups is 1. The molecule has 2 unspecified atom stereocenters. The molecule has 2 atom stereocenters. The van der Waals surface area contributed by atoms with Gasteiger partial charge < -0.3 is 19.9 Å². The van der Waals surface area contributed by atoms with E-state index in [0.717, 1.165) is 61.9 Å². The Labute approximate surface area is 167 Å². The zero-order chi connectivity index (χ0) is 19.8. The number of aryl methyl sites for hydroxylation is 2. The zero-order valence-electron chi connectivity index (χ0n) is 17.2. The van der Waals surface area contributed by atoms with Crippen molar-refractivity contribution < 1.29 is 9.26 Å². The van der Waals surface area contributed by atoms with Gasteiger partial charge in [0.25, 0.3) is 0 Å². The standard InChI is InChI=1S/C22H32N4O2/c1-4-19-18(20(5-2)28-26-19)15-25-22(23-6-3)24-14-17-12-13-27-21(17)16-10-8-7-9-11-16/h7-11,17,21H,4-6,12-15H2,1-3H3,(H2,23,24,25). The third-order valence-electron chi connectivity index (χ3n) is 5.22. The van der Waals surface area contributed by atoms with Crippen LogP contribution in [0, 0.1) is 5.92 Å². The van der Waals surface area contributed by atoms with Crippen molar-refractivity contribution in [3.8, 4) is 0 Å². The quantitative estimate of drug-likeness (QED) is 0.537. The second-order valence-electron chi connectivity index (χ2n) is 7.06. The molecule has 152 valence electrons. The first kappa shape index (κ1) is 20.4. The van der Waals surface area contributed by atoms with Gasteiger partial charge in [-0.1, -0.05) is 49.3 Å². The lowest BCUT2D eigenvalue weighted by Gasteiger charge is -2.20. The number of aliphatic imine (C=N–C) groups is 1. The lowest BCUT2D eigenvalue weighted by molar-refractivity contribution is 0.0915. The van der Waals surface area contributed by atoms with Crippen LogP contribution < -0.4 is 10.6 Å². The summed E-state index contributed by atoms with van der Waals surface area (Å²) >= 11 is 0. The molecule has 0 radical (unpaired) electrons. The smallest absolute Gasteiger partial charge is 0.191 e. The number of hydrogen-bond donors (Lipinski definition) is 2. The van der Waals surface area contributed by atoms with Crippen LogP contribution in [0.15, 0.2) is 39.8 Å². The SMILES string of the molecule is CCNC(=NCc1c(CC)noc1CC)NCC1CCOC1c1ccccc1. The summed E-state index contributed by atoms with van der Waals surface area (Å²) < 4.78 is 11.5. The first-order valence-electron chi connectivity index (χ1n) is 10.4. The van der Waals surface area contributed by atoms with Gasteiger partial charge in [0.2, 0.25) is 0 Å². The van der Waals surface area contributed by atoms with E-state index in [9.17, 15) is 0 Å². The number of rotatable bonds is 8. The van der Waals surface area contributed by atoms with Crippen molar-refractivity contribution >= 4 is 5.96 Å². The molecular formula is C22H32N4O2. The molecule has 6 heteroatoms. The summed E-state index contributed by atoms with van der Waals surface area (Å²) in [5.74, 6) is 2.19. The number of ether oxygens (including phenoxy) is 1. The highest BCUT2D eigenvalue weighted by Crippen LogP contribution is 2.33. The van der Waals surface area contributed by atoms with E-state index in [2.05, 4.69) is 60.8 Å². The van der Waals surface area contributed by atoms with Crippen LogP contribution in [0.5, 0.6) is 0 Å². The number of benzene rings is 1. The van der Waals surface area contributed by atoms with Gasteiger partial charge in [-0.25, -0.2) is 4.99 Å². The van der Waals surface area contributed by atoms with Crippen molar-refractivity contribution in [1.29, 1.82) is 0 Å². The molecule has 1 aliphatic rings. The summed E-state index contributed by atoms with van der Waals surface area (Å²) in [6, 6.07) is 10.5. The van der Waals surface area contributed by atoms with Crippen molar-refractivity contribution in [3.05, 3.63) is 52.9 Å². The summed E-state index contributed by atoms with van der Waals surface area (Å²) in [6.45, 7) is 9.29. The van der Waals surface area contributed by atoms with Gasteiger partial charge in [-0.2, -0.15) is 0 Å². The second kappa shape index (κ2) is 10.3. The minimum absolute atomic E-state index is 0.146. The van der Waals surface area contributed by atoms with Crippen LogP contribution in [0.25, 0.3) is 0 Å². The van der Waals surface area contributed by atoms with Crippen molar-refractivity contribution in [2.24, 2.45) is 10.9 Å². The Morgan fingerprint density at radius 1 is 1.14 bits per heavy atom. The molecule has 2 heterocycles. The highest BCUT2D eigenvalue weighted by atomic mass is 16.5. The molecule has 1 aliphatic heterocycles. The largest absolute Gasteiger partial charge is 0.373 e. The van der Waals surface area contributed by atoms with Crippen molar-refractivity contribution in [2.75, 3.05) is 19.7 Å². The molecule has 1 aromatic heterocycles. The molecule has 2 N–H and O–H groups in total. The molecule has 1 aromatic carbocycles. The third kappa shape index (κ3) is 4.93. The molecule has 1 fully saturated rings. The average molecular weight is 385 g/mol. The summed E-state index contributed by atoms with van der Waals surface area (Å²) in [7, 11) is 0. The fraction of sp³-hybridized carbons (Fsp3) is 0.545. The molecule has 6 nitrogen and oxygen atoms in total. The zero-order valence-corrected chi connectivity index (χ0v) is 17.2. The summed E-state index contributed by atoms with van der Waals surface area (Å²) in [4.78, 5) is 4.79. The maximum absolute atomic E-state index is 6.00. The predicted molar refractivity (Wildman–Crippen MR) is 111 cm³/mol. The maximum Gasteiger partial charge on any atom is 0.191 e.